The average molecular weight is 328 g/mol. The zero-order chi connectivity index (χ0) is 17.4. The average Bonchev–Trinajstić information content (AvgIpc) is 2.56. The minimum absolute atomic E-state index is 0.242. The molecule has 0 unspecified atom stereocenters. The van der Waals surface area contributed by atoms with Crippen LogP contribution in [0.2, 0.25) is 0 Å². The van der Waals surface area contributed by atoms with E-state index < -0.39 is 24.3 Å². The maximum Gasteiger partial charge on any atom is 0.404 e. The fraction of sp³-hybridized carbons (Fsp3) is 0.316. The summed E-state index contributed by atoms with van der Waals surface area (Å²) in [5.41, 5.74) is 13.3. The Bertz CT molecular complexity index is 619. The Hall–Kier alpha value is -2.37. The van der Waals surface area contributed by atoms with Crippen molar-refractivity contribution in [3.05, 3.63) is 71.8 Å². The molecule has 2 aromatic rings. The summed E-state index contributed by atoms with van der Waals surface area (Å²) in [6.07, 6.45) is -0.874. The third-order valence-corrected chi connectivity index (χ3v) is 3.90. The van der Waals surface area contributed by atoms with Crippen LogP contribution in [-0.4, -0.2) is 29.4 Å². The molecule has 0 radical (unpaired) electrons. The summed E-state index contributed by atoms with van der Waals surface area (Å²) >= 11 is 0. The SMILES string of the molecule is NC(=O)O[C@@H](Cc1ccccc1)C[C@H](O)[C@@H](N)Cc1ccccc1. The van der Waals surface area contributed by atoms with E-state index in [1.165, 1.54) is 0 Å². The molecule has 0 spiro atoms. The quantitative estimate of drug-likeness (QED) is 0.690. The van der Waals surface area contributed by atoms with E-state index in [-0.39, 0.29) is 6.42 Å². The first-order valence-electron chi connectivity index (χ1n) is 8.02. The van der Waals surface area contributed by atoms with Crippen LogP contribution in [0, 0.1) is 0 Å². The summed E-state index contributed by atoms with van der Waals surface area (Å²) < 4.78 is 5.15. The molecule has 0 aliphatic rings. The van der Waals surface area contributed by atoms with Crippen molar-refractivity contribution in [2.75, 3.05) is 0 Å². The van der Waals surface area contributed by atoms with E-state index in [1.807, 2.05) is 60.7 Å². The number of nitrogens with two attached hydrogens (primary N) is 2. The highest BCUT2D eigenvalue weighted by atomic mass is 16.6. The van der Waals surface area contributed by atoms with Crippen molar-refractivity contribution in [3.8, 4) is 0 Å². The van der Waals surface area contributed by atoms with Gasteiger partial charge in [-0.1, -0.05) is 60.7 Å². The largest absolute Gasteiger partial charge is 0.446 e. The van der Waals surface area contributed by atoms with Crippen LogP contribution >= 0.6 is 0 Å². The number of benzene rings is 2. The van der Waals surface area contributed by atoms with E-state index in [0.717, 1.165) is 11.1 Å². The van der Waals surface area contributed by atoms with Crippen molar-refractivity contribution in [3.63, 3.8) is 0 Å². The number of aliphatic hydroxyl groups is 1. The maximum absolute atomic E-state index is 11.1. The number of carbonyl (C=O) groups excluding carboxylic acids is 1. The van der Waals surface area contributed by atoms with Gasteiger partial charge >= 0.3 is 6.09 Å². The second-order valence-electron chi connectivity index (χ2n) is 5.91. The number of primary amides is 1. The molecule has 0 aromatic heterocycles. The first-order valence-corrected chi connectivity index (χ1v) is 8.02. The third kappa shape index (κ3) is 6.02. The molecule has 0 saturated heterocycles. The van der Waals surface area contributed by atoms with Gasteiger partial charge in [-0.05, 0) is 17.5 Å². The Morgan fingerprint density at radius 1 is 0.958 bits per heavy atom. The van der Waals surface area contributed by atoms with Gasteiger partial charge in [0, 0.05) is 18.9 Å². The van der Waals surface area contributed by atoms with Crippen LogP contribution in [0.25, 0.3) is 0 Å². The van der Waals surface area contributed by atoms with Crippen molar-refractivity contribution in [2.45, 2.75) is 37.5 Å². The normalized spacial score (nSPS) is 14.6. The minimum Gasteiger partial charge on any atom is -0.446 e. The first-order chi connectivity index (χ1) is 11.5. The Morgan fingerprint density at radius 2 is 1.46 bits per heavy atom. The molecule has 2 aromatic carbocycles. The first kappa shape index (κ1) is 18.0. The van der Waals surface area contributed by atoms with Crippen LogP contribution in [-0.2, 0) is 17.6 Å². The van der Waals surface area contributed by atoms with Crippen LogP contribution in [0.5, 0.6) is 0 Å². The van der Waals surface area contributed by atoms with E-state index >= 15 is 0 Å². The lowest BCUT2D eigenvalue weighted by molar-refractivity contribution is 0.0486. The summed E-state index contributed by atoms with van der Waals surface area (Å²) in [5.74, 6) is 0. The monoisotopic (exact) mass is 328 g/mol. The molecule has 0 heterocycles. The van der Waals surface area contributed by atoms with Gasteiger partial charge in [-0.3, -0.25) is 0 Å². The predicted molar refractivity (Wildman–Crippen MR) is 93.3 cm³/mol. The van der Waals surface area contributed by atoms with Crippen molar-refractivity contribution in [2.24, 2.45) is 11.5 Å². The van der Waals surface area contributed by atoms with Crippen molar-refractivity contribution in [1.82, 2.24) is 0 Å². The molecule has 2 rings (SSSR count). The predicted octanol–water partition coefficient (Wildman–Crippen LogP) is 2.01. The maximum atomic E-state index is 11.1. The van der Waals surface area contributed by atoms with Gasteiger partial charge in [-0.25, -0.2) is 4.79 Å². The van der Waals surface area contributed by atoms with Crippen LogP contribution in [0.4, 0.5) is 4.79 Å². The highest BCUT2D eigenvalue weighted by molar-refractivity contribution is 5.64. The third-order valence-electron chi connectivity index (χ3n) is 3.90. The lowest BCUT2D eigenvalue weighted by atomic mass is 9.95. The Morgan fingerprint density at radius 3 is 1.96 bits per heavy atom. The van der Waals surface area contributed by atoms with E-state index in [0.29, 0.717) is 12.8 Å². The van der Waals surface area contributed by atoms with Gasteiger partial charge in [0.25, 0.3) is 0 Å². The molecule has 0 saturated carbocycles. The van der Waals surface area contributed by atoms with E-state index in [1.54, 1.807) is 0 Å². The van der Waals surface area contributed by atoms with E-state index in [2.05, 4.69) is 0 Å². The number of aliphatic hydroxyl groups excluding tert-OH is 1. The molecule has 0 bridgehead atoms. The number of rotatable bonds is 8. The molecule has 0 aliphatic heterocycles. The molecule has 3 atom stereocenters. The minimum atomic E-state index is -0.847. The highest BCUT2D eigenvalue weighted by Gasteiger charge is 2.23. The highest BCUT2D eigenvalue weighted by Crippen LogP contribution is 2.14. The summed E-state index contributed by atoms with van der Waals surface area (Å²) in [4.78, 5) is 11.1. The van der Waals surface area contributed by atoms with Gasteiger partial charge in [-0.2, -0.15) is 0 Å². The molecular weight excluding hydrogens is 304 g/mol. The van der Waals surface area contributed by atoms with Gasteiger partial charge in [0.2, 0.25) is 0 Å². The molecule has 0 aliphatic carbocycles. The molecular formula is C19H24N2O3. The van der Waals surface area contributed by atoms with E-state index in [9.17, 15) is 9.90 Å². The lowest BCUT2D eigenvalue weighted by Crippen LogP contribution is -2.40. The number of hydrogen-bond acceptors (Lipinski definition) is 4. The smallest absolute Gasteiger partial charge is 0.404 e. The molecule has 5 heteroatoms. The molecule has 128 valence electrons. The van der Waals surface area contributed by atoms with Gasteiger partial charge < -0.3 is 21.3 Å². The van der Waals surface area contributed by atoms with E-state index in [4.69, 9.17) is 16.2 Å². The second kappa shape index (κ2) is 9.05. The summed E-state index contributed by atoms with van der Waals surface area (Å²) in [7, 11) is 0. The van der Waals surface area contributed by atoms with Crippen molar-refractivity contribution in [1.29, 1.82) is 0 Å². The second-order valence-corrected chi connectivity index (χ2v) is 5.91. The molecule has 5 N–H and O–H groups in total. The number of amides is 1. The van der Waals surface area contributed by atoms with Gasteiger partial charge in [-0.15, -0.1) is 0 Å². The zero-order valence-corrected chi connectivity index (χ0v) is 13.5. The summed E-state index contributed by atoms with van der Waals surface area (Å²) in [6.45, 7) is 0. The van der Waals surface area contributed by atoms with Crippen LogP contribution in [0.3, 0.4) is 0 Å². The van der Waals surface area contributed by atoms with Crippen molar-refractivity contribution < 1.29 is 14.6 Å². The Kier molecular flexibility index (Phi) is 6.78. The summed E-state index contributed by atoms with van der Waals surface area (Å²) in [5, 5.41) is 10.4. The zero-order valence-electron chi connectivity index (χ0n) is 13.5. The molecule has 24 heavy (non-hydrogen) atoms. The number of ether oxygens (including phenoxy) is 1. The number of carbonyl (C=O) groups is 1. The summed E-state index contributed by atoms with van der Waals surface area (Å²) in [6, 6.07) is 18.9. The van der Waals surface area contributed by atoms with Crippen LogP contribution < -0.4 is 11.5 Å². The standard InChI is InChI=1S/C19H24N2O3/c20-17(12-15-9-5-2-6-10-15)18(22)13-16(24-19(21)23)11-14-7-3-1-4-8-14/h1-10,16-18,22H,11-13,20H2,(H2,21,23)/t16-,17-,18-/m0/s1. The Balaban J connectivity index is 1.95. The topological polar surface area (TPSA) is 98.6 Å². The van der Waals surface area contributed by atoms with Gasteiger partial charge in [0.15, 0.2) is 0 Å². The van der Waals surface area contributed by atoms with Crippen LogP contribution in [0.15, 0.2) is 60.7 Å². The lowest BCUT2D eigenvalue weighted by Gasteiger charge is -2.24. The van der Waals surface area contributed by atoms with Gasteiger partial charge in [0.05, 0.1) is 6.10 Å². The molecule has 5 nitrogen and oxygen atoms in total. The fourth-order valence-corrected chi connectivity index (χ4v) is 2.68. The molecule has 1 amide bonds. The fourth-order valence-electron chi connectivity index (χ4n) is 2.68. The molecule has 0 fully saturated rings. The Labute approximate surface area is 142 Å². The number of hydrogen-bond donors (Lipinski definition) is 3. The van der Waals surface area contributed by atoms with Crippen molar-refractivity contribution >= 4 is 6.09 Å². The van der Waals surface area contributed by atoms with Gasteiger partial charge in [0.1, 0.15) is 6.10 Å². The van der Waals surface area contributed by atoms with Crippen LogP contribution in [0.1, 0.15) is 17.5 Å².